The molecular formula is C23H29N3O5. The van der Waals surface area contributed by atoms with Crippen LogP contribution in [0.3, 0.4) is 0 Å². The van der Waals surface area contributed by atoms with E-state index < -0.39 is 6.04 Å². The lowest BCUT2D eigenvalue weighted by Crippen LogP contribution is -2.59. The minimum Gasteiger partial charge on any atom is -0.489 e. The van der Waals surface area contributed by atoms with Crippen molar-refractivity contribution in [2.24, 2.45) is 0 Å². The summed E-state index contributed by atoms with van der Waals surface area (Å²) in [6.45, 7) is 5.10. The number of ether oxygens (including phenoxy) is 2. The molecule has 3 heterocycles. The van der Waals surface area contributed by atoms with Crippen LogP contribution in [-0.4, -0.2) is 71.5 Å². The van der Waals surface area contributed by atoms with Crippen LogP contribution in [0.4, 0.5) is 0 Å². The first-order chi connectivity index (χ1) is 15.0. The molecule has 1 unspecified atom stereocenters. The summed E-state index contributed by atoms with van der Waals surface area (Å²) >= 11 is 0. The van der Waals surface area contributed by atoms with Crippen LogP contribution in [0.2, 0.25) is 0 Å². The Labute approximate surface area is 181 Å². The lowest BCUT2D eigenvalue weighted by atomic mass is 10.0. The molecule has 1 N–H and O–H groups in total. The Kier molecular flexibility index (Phi) is 5.44. The SMILES string of the molecule is CCOC1CN([C@H]2CCC[C@@H]2Oc2ccc3c(c2)CN(C2CCC(=O)NC2=O)C3=O)C1. The summed E-state index contributed by atoms with van der Waals surface area (Å²) in [5.41, 5.74) is 1.49. The van der Waals surface area contributed by atoms with Crippen LogP contribution < -0.4 is 10.1 Å². The van der Waals surface area contributed by atoms with E-state index in [1.807, 2.05) is 19.1 Å². The van der Waals surface area contributed by atoms with Gasteiger partial charge in [-0.2, -0.15) is 0 Å². The Bertz CT molecular complexity index is 897. The van der Waals surface area contributed by atoms with Gasteiger partial charge in [0.15, 0.2) is 0 Å². The van der Waals surface area contributed by atoms with E-state index in [1.54, 1.807) is 11.0 Å². The second kappa shape index (κ2) is 8.24. The van der Waals surface area contributed by atoms with Crippen molar-refractivity contribution in [3.05, 3.63) is 29.3 Å². The van der Waals surface area contributed by atoms with Crippen LogP contribution in [0, 0.1) is 0 Å². The van der Waals surface area contributed by atoms with Gasteiger partial charge in [0.25, 0.3) is 5.91 Å². The lowest BCUT2D eigenvalue weighted by molar-refractivity contribution is -0.136. The average molecular weight is 428 g/mol. The zero-order valence-corrected chi connectivity index (χ0v) is 17.8. The van der Waals surface area contributed by atoms with E-state index in [0.717, 1.165) is 50.3 Å². The third-order valence-corrected chi connectivity index (χ3v) is 6.95. The van der Waals surface area contributed by atoms with E-state index >= 15 is 0 Å². The molecule has 4 aliphatic rings. The zero-order valence-electron chi connectivity index (χ0n) is 17.8. The second-order valence-electron chi connectivity index (χ2n) is 8.90. The highest BCUT2D eigenvalue weighted by Gasteiger charge is 2.41. The van der Waals surface area contributed by atoms with Crippen molar-refractivity contribution >= 4 is 17.7 Å². The van der Waals surface area contributed by atoms with Gasteiger partial charge in [-0.05, 0) is 56.4 Å². The van der Waals surface area contributed by atoms with Crippen molar-refractivity contribution in [2.75, 3.05) is 19.7 Å². The molecule has 0 spiro atoms. The topological polar surface area (TPSA) is 88.2 Å². The Morgan fingerprint density at radius 3 is 2.74 bits per heavy atom. The molecule has 5 rings (SSSR count). The van der Waals surface area contributed by atoms with Gasteiger partial charge >= 0.3 is 0 Å². The maximum absolute atomic E-state index is 12.9. The first kappa shape index (κ1) is 20.5. The molecule has 1 aliphatic carbocycles. The van der Waals surface area contributed by atoms with Gasteiger partial charge in [-0.1, -0.05) is 0 Å². The standard InChI is InChI=1S/C23H29N3O5/c1-2-30-16-12-25(13-16)18-4-3-5-20(18)31-15-6-7-17-14(10-15)11-26(23(17)29)19-8-9-21(27)24-22(19)28/h6-7,10,16,18-20H,2-5,8-9,11-13H2,1H3,(H,24,27,28)/t18-,19?,20-/m0/s1. The van der Waals surface area contributed by atoms with E-state index in [9.17, 15) is 14.4 Å². The third kappa shape index (κ3) is 3.83. The number of piperidine rings is 1. The molecule has 2 saturated heterocycles. The van der Waals surface area contributed by atoms with Crippen molar-refractivity contribution in [1.82, 2.24) is 15.1 Å². The molecule has 1 aromatic carbocycles. The third-order valence-electron chi connectivity index (χ3n) is 6.95. The quantitative estimate of drug-likeness (QED) is 0.692. The number of nitrogens with one attached hydrogen (secondary N) is 1. The molecule has 0 aromatic heterocycles. The summed E-state index contributed by atoms with van der Waals surface area (Å²) in [6, 6.07) is 5.42. The van der Waals surface area contributed by atoms with Gasteiger partial charge in [0.2, 0.25) is 11.8 Å². The highest BCUT2D eigenvalue weighted by molar-refractivity contribution is 6.05. The Morgan fingerprint density at radius 1 is 1.13 bits per heavy atom. The molecule has 1 saturated carbocycles. The first-order valence-corrected chi connectivity index (χ1v) is 11.3. The highest BCUT2D eigenvalue weighted by Crippen LogP contribution is 2.34. The number of nitrogens with zero attached hydrogens (tertiary/aromatic N) is 2. The predicted molar refractivity (Wildman–Crippen MR) is 112 cm³/mol. The van der Waals surface area contributed by atoms with Gasteiger partial charge in [0.1, 0.15) is 17.9 Å². The Balaban J connectivity index is 1.24. The van der Waals surface area contributed by atoms with Crippen molar-refractivity contribution in [3.8, 4) is 5.75 Å². The smallest absolute Gasteiger partial charge is 0.255 e. The van der Waals surface area contributed by atoms with Gasteiger partial charge in [0, 0.05) is 44.3 Å². The first-order valence-electron chi connectivity index (χ1n) is 11.3. The van der Waals surface area contributed by atoms with Crippen LogP contribution in [0.1, 0.15) is 54.9 Å². The maximum atomic E-state index is 12.9. The van der Waals surface area contributed by atoms with Crippen molar-refractivity contribution in [2.45, 2.75) is 69.9 Å². The van der Waals surface area contributed by atoms with Gasteiger partial charge in [-0.15, -0.1) is 0 Å². The average Bonchev–Trinajstić information content (AvgIpc) is 3.29. The molecule has 3 fully saturated rings. The number of fused-ring (bicyclic) bond motifs is 1. The molecule has 8 heteroatoms. The normalized spacial score (nSPS) is 29.1. The van der Waals surface area contributed by atoms with E-state index in [2.05, 4.69) is 10.2 Å². The molecule has 8 nitrogen and oxygen atoms in total. The number of hydrogen-bond acceptors (Lipinski definition) is 6. The van der Waals surface area contributed by atoms with Gasteiger partial charge in [0.05, 0.1) is 6.10 Å². The second-order valence-corrected chi connectivity index (χ2v) is 8.90. The number of likely N-dealkylation sites (tertiary alicyclic amines) is 1. The van der Waals surface area contributed by atoms with E-state index in [1.165, 1.54) is 0 Å². The summed E-state index contributed by atoms with van der Waals surface area (Å²) in [6.07, 6.45) is 4.43. The van der Waals surface area contributed by atoms with Crippen LogP contribution >= 0.6 is 0 Å². The fraction of sp³-hybridized carbons (Fsp3) is 0.609. The van der Waals surface area contributed by atoms with Crippen LogP contribution in [0.5, 0.6) is 5.75 Å². The molecule has 0 radical (unpaired) electrons. The molecule has 166 valence electrons. The summed E-state index contributed by atoms with van der Waals surface area (Å²) in [5.74, 6) is -0.0441. The molecule has 0 bridgehead atoms. The van der Waals surface area contributed by atoms with E-state index in [4.69, 9.17) is 9.47 Å². The number of hydrogen-bond donors (Lipinski definition) is 1. The number of rotatable bonds is 6. The zero-order chi connectivity index (χ0) is 21.5. The lowest BCUT2D eigenvalue weighted by Gasteiger charge is -2.44. The molecular weight excluding hydrogens is 398 g/mol. The van der Waals surface area contributed by atoms with E-state index in [0.29, 0.717) is 30.7 Å². The Morgan fingerprint density at radius 2 is 1.97 bits per heavy atom. The van der Waals surface area contributed by atoms with Gasteiger partial charge in [-0.3, -0.25) is 24.6 Å². The van der Waals surface area contributed by atoms with Crippen molar-refractivity contribution < 1.29 is 23.9 Å². The molecule has 3 aliphatic heterocycles. The molecule has 3 atom stereocenters. The van der Waals surface area contributed by atoms with Gasteiger partial charge < -0.3 is 14.4 Å². The van der Waals surface area contributed by atoms with Gasteiger partial charge in [-0.25, -0.2) is 0 Å². The summed E-state index contributed by atoms with van der Waals surface area (Å²) in [7, 11) is 0. The number of imide groups is 1. The summed E-state index contributed by atoms with van der Waals surface area (Å²) in [4.78, 5) is 40.5. The monoisotopic (exact) mass is 427 g/mol. The number of carbonyl (C=O) groups excluding carboxylic acids is 3. The molecule has 3 amide bonds. The minimum absolute atomic E-state index is 0.143. The van der Waals surface area contributed by atoms with Crippen LogP contribution in [0.25, 0.3) is 0 Å². The predicted octanol–water partition coefficient (Wildman–Crippen LogP) is 1.47. The fourth-order valence-corrected chi connectivity index (χ4v) is 5.34. The molecule has 31 heavy (non-hydrogen) atoms. The largest absolute Gasteiger partial charge is 0.489 e. The van der Waals surface area contributed by atoms with Crippen LogP contribution in [0.15, 0.2) is 18.2 Å². The van der Waals surface area contributed by atoms with Crippen LogP contribution in [-0.2, 0) is 20.9 Å². The maximum Gasteiger partial charge on any atom is 0.255 e. The molecule has 1 aromatic rings. The van der Waals surface area contributed by atoms with E-state index in [-0.39, 0.29) is 30.2 Å². The number of carbonyl (C=O) groups is 3. The Hall–Kier alpha value is -2.45. The van der Waals surface area contributed by atoms with Crippen molar-refractivity contribution in [3.63, 3.8) is 0 Å². The number of benzene rings is 1. The summed E-state index contributed by atoms with van der Waals surface area (Å²) in [5, 5.41) is 2.34. The summed E-state index contributed by atoms with van der Waals surface area (Å²) < 4.78 is 12.1. The number of amides is 3. The minimum atomic E-state index is -0.592. The van der Waals surface area contributed by atoms with Crippen molar-refractivity contribution in [1.29, 1.82) is 0 Å². The highest BCUT2D eigenvalue weighted by atomic mass is 16.5. The fourth-order valence-electron chi connectivity index (χ4n) is 5.34.